The minimum Gasteiger partial charge on any atom is -0.378 e. The highest BCUT2D eigenvalue weighted by molar-refractivity contribution is 4.82. The standard InChI is InChI=1S/C9H19NO/c1-3-9(2,10)7-8-5-4-6-11-8/h8H,3-7,10H2,1-2H3. The molecule has 2 atom stereocenters. The first-order valence-corrected chi connectivity index (χ1v) is 4.54. The van der Waals surface area contributed by atoms with Gasteiger partial charge in [-0.25, -0.2) is 0 Å². The third-order valence-electron chi connectivity index (χ3n) is 2.53. The molecule has 1 aliphatic rings. The molecule has 1 fully saturated rings. The van der Waals surface area contributed by atoms with E-state index in [-0.39, 0.29) is 5.54 Å². The Kier molecular flexibility index (Phi) is 2.90. The molecule has 0 saturated carbocycles. The van der Waals surface area contributed by atoms with Crippen LogP contribution in [0.4, 0.5) is 0 Å². The number of ether oxygens (including phenoxy) is 1. The summed E-state index contributed by atoms with van der Waals surface area (Å²) < 4.78 is 5.51. The largest absolute Gasteiger partial charge is 0.378 e. The Hall–Kier alpha value is -0.0800. The third kappa shape index (κ3) is 2.80. The first kappa shape index (κ1) is 9.01. The Morgan fingerprint density at radius 1 is 1.64 bits per heavy atom. The molecule has 0 bridgehead atoms. The van der Waals surface area contributed by atoms with Crippen molar-refractivity contribution >= 4 is 0 Å². The molecule has 0 spiro atoms. The summed E-state index contributed by atoms with van der Waals surface area (Å²) in [5, 5.41) is 0. The molecule has 0 aromatic heterocycles. The molecule has 2 nitrogen and oxygen atoms in total. The molecule has 0 radical (unpaired) electrons. The maximum atomic E-state index is 6.02. The summed E-state index contributed by atoms with van der Waals surface area (Å²) in [7, 11) is 0. The second-order valence-electron chi connectivity index (χ2n) is 3.85. The quantitative estimate of drug-likeness (QED) is 0.676. The van der Waals surface area contributed by atoms with E-state index in [0.29, 0.717) is 6.10 Å². The summed E-state index contributed by atoms with van der Waals surface area (Å²) >= 11 is 0. The SMILES string of the molecule is CCC(C)(N)CC1CCCO1. The lowest BCUT2D eigenvalue weighted by molar-refractivity contribution is 0.0852. The highest BCUT2D eigenvalue weighted by Gasteiger charge is 2.24. The van der Waals surface area contributed by atoms with Crippen molar-refractivity contribution in [1.82, 2.24) is 0 Å². The van der Waals surface area contributed by atoms with Gasteiger partial charge in [0.2, 0.25) is 0 Å². The van der Waals surface area contributed by atoms with Crippen LogP contribution in [-0.4, -0.2) is 18.2 Å². The van der Waals surface area contributed by atoms with Crippen LogP contribution in [0.2, 0.25) is 0 Å². The van der Waals surface area contributed by atoms with E-state index in [4.69, 9.17) is 10.5 Å². The fourth-order valence-corrected chi connectivity index (χ4v) is 1.47. The van der Waals surface area contributed by atoms with Crippen molar-refractivity contribution in [3.63, 3.8) is 0 Å². The van der Waals surface area contributed by atoms with Crippen LogP contribution in [0.3, 0.4) is 0 Å². The molecular weight excluding hydrogens is 138 g/mol. The van der Waals surface area contributed by atoms with Gasteiger partial charge in [-0.05, 0) is 32.6 Å². The zero-order chi connectivity index (χ0) is 8.32. The molecular formula is C9H19NO. The van der Waals surface area contributed by atoms with Gasteiger partial charge >= 0.3 is 0 Å². The van der Waals surface area contributed by atoms with E-state index in [0.717, 1.165) is 19.4 Å². The van der Waals surface area contributed by atoms with Crippen LogP contribution >= 0.6 is 0 Å². The van der Waals surface area contributed by atoms with Crippen LogP contribution in [0, 0.1) is 0 Å². The number of rotatable bonds is 3. The van der Waals surface area contributed by atoms with E-state index in [1.165, 1.54) is 12.8 Å². The van der Waals surface area contributed by atoms with Crippen molar-refractivity contribution in [2.45, 2.75) is 51.2 Å². The van der Waals surface area contributed by atoms with Crippen molar-refractivity contribution in [2.24, 2.45) is 5.73 Å². The number of nitrogens with two attached hydrogens (primary N) is 1. The normalized spacial score (nSPS) is 30.3. The smallest absolute Gasteiger partial charge is 0.0593 e. The van der Waals surface area contributed by atoms with E-state index in [1.807, 2.05) is 0 Å². The van der Waals surface area contributed by atoms with Gasteiger partial charge in [0, 0.05) is 12.1 Å². The van der Waals surface area contributed by atoms with Crippen LogP contribution in [0.25, 0.3) is 0 Å². The fraction of sp³-hybridized carbons (Fsp3) is 1.00. The molecule has 1 saturated heterocycles. The van der Waals surface area contributed by atoms with Crippen LogP contribution in [0.15, 0.2) is 0 Å². The topological polar surface area (TPSA) is 35.2 Å². The highest BCUT2D eigenvalue weighted by Crippen LogP contribution is 2.22. The fourth-order valence-electron chi connectivity index (χ4n) is 1.47. The minimum absolute atomic E-state index is 0.0188. The molecule has 1 heterocycles. The average Bonchev–Trinajstić information content (AvgIpc) is 2.39. The molecule has 0 amide bonds. The molecule has 2 heteroatoms. The average molecular weight is 157 g/mol. The van der Waals surface area contributed by atoms with Gasteiger partial charge in [0.05, 0.1) is 6.10 Å². The monoisotopic (exact) mass is 157 g/mol. The lowest BCUT2D eigenvalue weighted by Gasteiger charge is -2.25. The van der Waals surface area contributed by atoms with Gasteiger partial charge in [-0.2, -0.15) is 0 Å². The third-order valence-corrected chi connectivity index (χ3v) is 2.53. The molecule has 2 N–H and O–H groups in total. The summed E-state index contributed by atoms with van der Waals surface area (Å²) in [5.41, 5.74) is 6.00. The Morgan fingerprint density at radius 2 is 2.36 bits per heavy atom. The Balaban J connectivity index is 2.28. The van der Waals surface area contributed by atoms with Gasteiger partial charge in [-0.15, -0.1) is 0 Å². The van der Waals surface area contributed by atoms with Gasteiger partial charge in [0.15, 0.2) is 0 Å². The van der Waals surface area contributed by atoms with Crippen molar-refractivity contribution in [2.75, 3.05) is 6.61 Å². The van der Waals surface area contributed by atoms with Gasteiger partial charge in [0.25, 0.3) is 0 Å². The van der Waals surface area contributed by atoms with E-state index in [9.17, 15) is 0 Å². The minimum atomic E-state index is -0.0188. The Labute approximate surface area is 69.1 Å². The maximum absolute atomic E-state index is 6.02. The first-order chi connectivity index (χ1) is 5.14. The highest BCUT2D eigenvalue weighted by atomic mass is 16.5. The molecule has 66 valence electrons. The summed E-state index contributed by atoms with van der Waals surface area (Å²) in [5.74, 6) is 0. The van der Waals surface area contributed by atoms with Crippen molar-refractivity contribution in [3.8, 4) is 0 Å². The predicted octanol–water partition coefficient (Wildman–Crippen LogP) is 1.68. The summed E-state index contributed by atoms with van der Waals surface area (Å²) in [6, 6.07) is 0. The van der Waals surface area contributed by atoms with Crippen LogP contribution in [-0.2, 0) is 4.74 Å². The van der Waals surface area contributed by atoms with Gasteiger partial charge in [0.1, 0.15) is 0 Å². The van der Waals surface area contributed by atoms with Crippen molar-refractivity contribution in [3.05, 3.63) is 0 Å². The van der Waals surface area contributed by atoms with Crippen LogP contribution < -0.4 is 5.73 Å². The molecule has 0 aliphatic carbocycles. The van der Waals surface area contributed by atoms with Crippen LogP contribution in [0.5, 0.6) is 0 Å². The summed E-state index contributed by atoms with van der Waals surface area (Å²) in [4.78, 5) is 0. The number of hydrogen-bond donors (Lipinski definition) is 1. The lowest BCUT2D eigenvalue weighted by Crippen LogP contribution is -2.38. The van der Waals surface area contributed by atoms with E-state index in [1.54, 1.807) is 0 Å². The van der Waals surface area contributed by atoms with E-state index in [2.05, 4.69) is 13.8 Å². The zero-order valence-electron chi connectivity index (χ0n) is 7.60. The first-order valence-electron chi connectivity index (χ1n) is 4.54. The Bertz CT molecular complexity index is 117. The zero-order valence-corrected chi connectivity index (χ0v) is 7.60. The molecule has 0 aromatic carbocycles. The van der Waals surface area contributed by atoms with E-state index < -0.39 is 0 Å². The second-order valence-corrected chi connectivity index (χ2v) is 3.85. The maximum Gasteiger partial charge on any atom is 0.0593 e. The van der Waals surface area contributed by atoms with Crippen molar-refractivity contribution < 1.29 is 4.74 Å². The van der Waals surface area contributed by atoms with Gasteiger partial charge in [-0.1, -0.05) is 6.92 Å². The molecule has 11 heavy (non-hydrogen) atoms. The molecule has 2 unspecified atom stereocenters. The van der Waals surface area contributed by atoms with Gasteiger partial charge < -0.3 is 10.5 Å². The van der Waals surface area contributed by atoms with Gasteiger partial charge in [-0.3, -0.25) is 0 Å². The second kappa shape index (κ2) is 3.55. The Morgan fingerprint density at radius 3 is 2.82 bits per heavy atom. The molecule has 1 rings (SSSR count). The summed E-state index contributed by atoms with van der Waals surface area (Å²) in [6.07, 6.45) is 4.90. The van der Waals surface area contributed by atoms with Crippen molar-refractivity contribution in [1.29, 1.82) is 0 Å². The summed E-state index contributed by atoms with van der Waals surface area (Å²) in [6.45, 7) is 5.17. The molecule has 0 aromatic rings. The predicted molar refractivity (Wildman–Crippen MR) is 46.5 cm³/mol. The molecule has 1 aliphatic heterocycles. The number of hydrogen-bond acceptors (Lipinski definition) is 2. The van der Waals surface area contributed by atoms with E-state index >= 15 is 0 Å². The lowest BCUT2D eigenvalue weighted by atomic mass is 9.92. The van der Waals surface area contributed by atoms with Crippen LogP contribution in [0.1, 0.15) is 39.5 Å².